The van der Waals surface area contributed by atoms with Crippen LogP contribution in [0, 0.1) is 10.1 Å². The average Bonchev–Trinajstić information content (AvgIpc) is 3.44. The number of benzene rings is 3. The van der Waals surface area contributed by atoms with Gasteiger partial charge in [-0.1, -0.05) is 60.1 Å². The molecule has 0 bridgehead atoms. The third kappa shape index (κ3) is 4.74. The smallest absolute Gasteiger partial charge is 0.283 e. The summed E-state index contributed by atoms with van der Waals surface area (Å²) in [5, 5.41) is 18.6. The zero-order chi connectivity index (χ0) is 24.4. The van der Waals surface area contributed by atoms with Crippen molar-refractivity contribution in [2.24, 2.45) is 5.10 Å². The van der Waals surface area contributed by atoms with Crippen LogP contribution in [-0.4, -0.2) is 15.4 Å². The maximum atomic E-state index is 12.9. The van der Waals surface area contributed by atoms with Crippen molar-refractivity contribution in [3.8, 4) is 11.3 Å². The fraction of sp³-hybridized carbons (Fsp3) is 0.0400. The van der Waals surface area contributed by atoms with Gasteiger partial charge in [0.1, 0.15) is 4.88 Å². The minimum Gasteiger partial charge on any atom is -0.311 e. The van der Waals surface area contributed by atoms with Crippen LogP contribution in [0.5, 0.6) is 0 Å². The lowest BCUT2D eigenvalue weighted by Crippen LogP contribution is -2.24. The molecule has 0 spiro atoms. The van der Waals surface area contributed by atoms with E-state index in [9.17, 15) is 14.9 Å². The quantitative estimate of drug-likeness (QED) is 0.211. The van der Waals surface area contributed by atoms with Gasteiger partial charge in [-0.05, 0) is 29.3 Å². The lowest BCUT2D eigenvalue weighted by atomic mass is 10.1. The van der Waals surface area contributed by atoms with E-state index in [1.165, 1.54) is 34.8 Å². The monoisotopic (exact) mass is 520 g/mol. The number of nitrogens with one attached hydrogen (secondary N) is 1. The lowest BCUT2D eigenvalue weighted by Gasteiger charge is -2.09. The van der Waals surface area contributed by atoms with Gasteiger partial charge in [0, 0.05) is 27.6 Å². The molecule has 174 valence electrons. The number of fused-ring (bicyclic) bond motifs is 1. The number of thiazole rings is 1. The van der Waals surface area contributed by atoms with Crippen LogP contribution in [0.15, 0.2) is 89.3 Å². The Labute approximate surface area is 212 Å². The van der Waals surface area contributed by atoms with E-state index in [1.54, 1.807) is 12.1 Å². The maximum Gasteiger partial charge on any atom is 0.283 e. The Morgan fingerprint density at radius 1 is 1.03 bits per heavy atom. The zero-order valence-electron chi connectivity index (χ0n) is 18.1. The number of carbonyl (C=O) groups excluding carboxylic acids is 1. The maximum absolute atomic E-state index is 12.9. The van der Waals surface area contributed by atoms with Gasteiger partial charge in [0.15, 0.2) is 0 Å². The molecule has 0 saturated carbocycles. The zero-order valence-corrected chi connectivity index (χ0v) is 20.4. The highest BCUT2D eigenvalue weighted by Gasteiger charge is 2.17. The standard InChI is InChI=1S/C25H17ClN4O3S2/c26-22-19-8-4-5-9-21(19)35-23(22)24(31)27-28-25-29(14-16-6-2-1-3-7-16)20(15-34-25)17-10-12-18(13-11-17)30(32)33/h1-13,15H,14H2,(H,27,31)/b28-25-. The highest BCUT2D eigenvalue weighted by molar-refractivity contribution is 7.21. The first-order valence-electron chi connectivity index (χ1n) is 10.5. The summed E-state index contributed by atoms with van der Waals surface area (Å²) in [6.07, 6.45) is 0. The second-order valence-electron chi connectivity index (χ2n) is 7.57. The van der Waals surface area contributed by atoms with E-state index in [2.05, 4.69) is 10.5 Å². The van der Waals surface area contributed by atoms with Crippen LogP contribution in [0.3, 0.4) is 0 Å². The summed E-state index contributed by atoms with van der Waals surface area (Å²) in [6, 6.07) is 23.8. The molecule has 10 heteroatoms. The van der Waals surface area contributed by atoms with Gasteiger partial charge < -0.3 is 4.57 Å². The number of hydrogen-bond acceptors (Lipinski definition) is 6. The van der Waals surface area contributed by atoms with Crippen LogP contribution in [0.1, 0.15) is 15.2 Å². The Morgan fingerprint density at radius 2 is 1.74 bits per heavy atom. The van der Waals surface area contributed by atoms with E-state index in [1.807, 2.05) is 64.5 Å². The molecule has 0 fully saturated rings. The summed E-state index contributed by atoms with van der Waals surface area (Å²) >= 11 is 9.13. The van der Waals surface area contributed by atoms with Crippen LogP contribution in [-0.2, 0) is 6.54 Å². The molecular weight excluding hydrogens is 504 g/mol. The van der Waals surface area contributed by atoms with Gasteiger partial charge in [-0.3, -0.25) is 14.9 Å². The summed E-state index contributed by atoms with van der Waals surface area (Å²) in [6.45, 7) is 0.509. The third-order valence-corrected chi connectivity index (χ3v) is 7.89. The van der Waals surface area contributed by atoms with Crippen molar-refractivity contribution in [3.63, 3.8) is 0 Å². The van der Waals surface area contributed by atoms with Crippen LogP contribution < -0.4 is 10.2 Å². The van der Waals surface area contributed by atoms with Crippen LogP contribution in [0.4, 0.5) is 5.69 Å². The first kappa shape index (κ1) is 23.0. The topological polar surface area (TPSA) is 89.5 Å². The molecule has 5 rings (SSSR count). The average molecular weight is 521 g/mol. The predicted molar refractivity (Wildman–Crippen MR) is 140 cm³/mol. The first-order valence-corrected chi connectivity index (χ1v) is 12.6. The number of aromatic nitrogens is 1. The van der Waals surface area contributed by atoms with Gasteiger partial charge in [-0.2, -0.15) is 0 Å². The minimum absolute atomic E-state index is 0.0241. The molecule has 2 heterocycles. The largest absolute Gasteiger partial charge is 0.311 e. The van der Waals surface area contributed by atoms with E-state index in [0.29, 0.717) is 21.2 Å². The summed E-state index contributed by atoms with van der Waals surface area (Å²) in [7, 11) is 0. The Kier molecular flexibility index (Phi) is 6.45. The van der Waals surface area contributed by atoms with Gasteiger partial charge in [0.05, 0.1) is 22.2 Å². The number of non-ortho nitro benzene ring substituents is 1. The molecule has 2 aromatic heterocycles. The number of nitro groups is 1. The lowest BCUT2D eigenvalue weighted by molar-refractivity contribution is -0.384. The summed E-state index contributed by atoms with van der Waals surface area (Å²) in [5.41, 5.74) is 5.36. The van der Waals surface area contributed by atoms with Crippen LogP contribution in [0.25, 0.3) is 21.3 Å². The number of nitrogens with zero attached hydrogens (tertiary/aromatic N) is 3. The van der Waals surface area contributed by atoms with Crippen molar-refractivity contribution in [2.45, 2.75) is 6.54 Å². The van der Waals surface area contributed by atoms with Gasteiger partial charge in [0.25, 0.3) is 11.6 Å². The highest BCUT2D eigenvalue weighted by Crippen LogP contribution is 2.35. The molecule has 5 aromatic rings. The van der Waals surface area contributed by atoms with Crippen molar-refractivity contribution in [3.05, 3.63) is 115 Å². The van der Waals surface area contributed by atoms with Crippen molar-refractivity contribution < 1.29 is 9.72 Å². The number of amides is 1. The minimum atomic E-state index is -0.426. The van der Waals surface area contributed by atoms with Gasteiger partial charge in [-0.25, -0.2) is 5.43 Å². The van der Waals surface area contributed by atoms with E-state index < -0.39 is 4.92 Å². The van der Waals surface area contributed by atoms with E-state index >= 15 is 0 Å². The van der Waals surface area contributed by atoms with Crippen molar-refractivity contribution in [1.29, 1.82) is 0 Å². The molecule has 0 aliphatic rings. The Bertz CT molecular complexity index is 1610. The Hall–Kier alpha value is -3.79. The molecule has 35 heavy (non-hydrogen) atoms. The van der Waals surface area contributed by atoms with E-state index in [4.69, 9.17) is 11.6 Å². The number of halogens is 1. The second kappa shape index (κ2) is 9.83. The van der Waals surface area contributed by atoms with Crippen LogP contribution in [0.2, 0.25) is 5.02 Å². The summed E-state index contributed by atoms with van der Waals surface area (Å²) < 4.78 is 2.90. The molecule has 0 unspecified atom stereocenters. The molecule has 0 radical (unpaired) electrons. The first-order chi connectivity index (χ1) is 17.0. The van der Waals surface area contributed by atoms with Gasteiger partial charge >= 0.3 is 0 Å². The SMILES string of the molecule is O=C(N/N=c1\scc(-c2ccc([N+](=O)[O-])cc2)n1Cc1ccccc1)c1sc2ccccc2c1Cl. The second-order valence-corrected chi connectivity index (χ2v) is 9.84. The molecule has 0 aliphatic carbocycles. The van der Waals surface area contributed by atoms with E-state index in [-0.39, 0.29) is 11.6 Å². The normalized spacial score (nSPS) is 11.6. The molecule has 0 aliphatic heterocycles. The van der Waals surface area contributed by atoms with Gasteiger partial charge in [0.2, 0.25) is 4.80 Å². The Balaban J connectivity index is 1.51. The number of thiophene rings is 1. The number of hydrogen-bond donors (Lipinski definition) is 1. The molecule has 0 atom stereocenters. The molecule has 7 nitrogen and oxygen atoms in total. The number of nitro benzene ring substituents is 1. The Morgan fingerprint density at radius 3 is 2.46 bits per heavy atom. The predicted octanol–water partition coefficient (Wildman–Crippen LogP) is 6.29. The fourth-order valence-electron chi connectivity index (χ4n) is 3.63. The van der Waals surface area contributed by atoms with Crippen LogP contribution >= 0.6 is 34.3 Å². The molecule has 0 saturated heterocycles. The fourth-order valence-corrected chi connectivity index (χ4v) is 5.91. The third-order valence-electron chi connectivity index (χ3n) is 5.35. The molecule has 1 amide bonds. The molecular formula is C25H17ClN4O3S2. The van der Waals surface area contributed by atoms with Crippen molar-refractivity contribution in [1.82, 2.24) is 9.99 Å². The number of carbonyl (C=O) groups is 1. The van der Waals surface area contributed by atoms with Crippen molar-refractivity contribution in [2.75, 3.05) is 0 Å². The molecule has 3 aromatic carbocycles. The van der Waals surface area contributed by atoms with E-state index in [0.717, 1.165) is 26.9 Å². The van der Waals surface area contributed by atoms with Crippen molar-refractivity contribution >= 4 is 56.0 Å². The highest BCUT2D eigenvalue weighted by atomic mass is 35.5. The summed E-state index contributed by atoms with van der Waals surface area (Å²) in [5.74, 6) is -0.382. The molecule has 1 N–H and O–H groups in total. The summed E-state index contributed by atoms with van der Waals surface area (Å²) in [4.78, 5) is 24.5. The van der Waals surface area contributed by atoms with Gasteiger partial charge in [-0.15, -0.1) is 27.8 Å². The number of rotatable bonds is 6.